The van der Waals surface area contributed by atoms with E-state index in [2.05, 4.69) is 29.6 Å². The molecule has 1 aromatic heterocycles. The van der Waals surface area contributed by atoms with E-state index in [-0.39, 0.29) is 5.88 Å². The quantitative estimate of drug-likeness (QED) is 0.577. The Labute approximate surface area is 135 Å². The number of nitrogens with one attached hydrogen (secondary N) is 2. The Kier molecular flexibility index (Phi) is 5.46. The molecule has 0 fully saturated rings. The number of aromatic nitrogens is 1. The van der Waals surface area contributed by atoms with E-state index in [0.717, 1.165) is 24.0 Å². The Morgan fingerprint density at radius 3 is 2.77 bits per heavy atom. The molecule has 0 unspecified atom stereocenters. The van der Waals surface area contributed by atoms with Crippen LogP contribution in [-0.2, 0) is 6.54 Å². The average Bonchev–Trinajstić information content (AvgIpc) is 2.76. The second-order valence-electron chi connectivity index (χ2n) is 5.32. The number of hydrogen-bond donors (Lipinski definition) is 3. The smallest absolute Gasteiger partial charge is 0.220 e. The van der Waals surface area contributed by atoms with Gasteiger partial charge in [0.25, 0.3) is 0 Å². The predicted molar refractivity (Wildman–Crippen MR) is 92.1 cm³/mol. The Morgan fingerprint density at radius 1 is 1.36 bits per heavy atom. The summed E-state index contributed by atoms with van der Waals surface area (Å²) in [5.41, 5.74) is 1.39. The molecular formula is C15H22N5OS+. The normalized spacial score (nSPS) is 11.6. The van der Waals surface area contributed by atoms with Crippen LogP contribution in [0.5, 0.6) is 5.88 Å². The minimum Gasteiger partial charge on any atom is -0.493 e. The summed E-state index contributed by atoms with van der Waals surface area (Å²) >= 11 is 5.14. The Hall–Kier alpha value is -1.99. The van der Waals surface area contributed by atoms with Gasteiger partial charge >= 0.3 is 0 Å². The zero-order valence-corrected chi connectivity index (χ0v) is 13.9. The van der Waals surface area contributed by atoms with Gasteiger partial charge in [0.15, 0.2) is 5.69 Å². The van der Waals surface area contributed by atoms with Crippen LogP contribution in [0, 0.1) is 0 Å². The highest BCUT2D eigenvalue weighted by Crippen LogP contribution is 2.38. The second-order valence-corrected chi connectivity index (χ2v) is 5.71. The number of aryl methyl sites for hydroxylation is 1. The molecule has 0 aliphatic heterocycles. The maximum absolute atomic E-state index is 10.3. The second kappa shape index (κ2) is 7.33. The first-order valence-electron chi connectivity index (χ1n) is 7.33. The van der Waals surface area contributed by atoms with Crippen molar-refractivity contribution in [3.05, 3.63) is 24.3 Å². The lowest BCUT2D eigenvalue weighted by Crippen LogP contribution is -3.06. The van der Waals surface area contributed by atoms with Gasteiger partial charge in [-0.3, -0.25) is 0 Å². The number of thiocarbonyl (C=S) groups is 1. The van der Waals surface area contributed by atoms with E-state index in [4.69, 9.17) is 12.2 Å². The fourth-order valence-electron chi connectivity index (χ4n) is 2.24. The molecule has 0 amide bonds. The van der Waals surface area contributed by atoms with Crippen molar-refractivity contribution in [2.24, 2.45) is 10.2 Å². The highest BCUT2D eigenvalue weighted by atomic mass is 32.1. The zero-order valence-electron chi connectivity index (χ0n) is 13.1. The van der Waals surface area contributed by atoms with Crippen molar-refractivity contribution in [2.45, 2.75) is 13.5 Å². The Balaban J connectivity index is 2.19. The van der Waals surface area contributed by atoms with E-state index in [1.807, 2.05) is 31.2 Å². The molecule has 3 N–H and O–H groups in total. The van der Waals surface area contributed by atoms with Crippen molar-refractivity contribution in [2.75, 3.05) is 27.2 Å². The van der Waals surface area contributed by atoms with E-state index in [1.54, 1.807) is 4.57 Å². The number of fused-ring (bicyclic) bond motifs is 1. The first-order valence-corrected chi connectivity index (χ1v) is 7.74. The fourth-order valence-corrected chi connectivity index (χ4v) is 2.38. The number of azo groups is 1. The van der Waals surface area contributed by atoms with Gasteiger partial charge in [0, 0.05) is 11.9 Å². The molecule has 7 heteroatoms. The van der Waals surface area contributed by atoms with E-state index in [9.17, 15) is 5.11 Å². The van der Waals surface area contributed by atoms with Gasteiger partial charge in [-0.05, 0) is 25.2 Å². The maximum atomic E-state index is 10.3. The van der Waals surface area contributed by atoms with Crippen LogP contribution < -0.4 is 10.2 Å². The van der Waals surface area contributed by atoms with E-state index in [0.29, 0.717) is 17.3 Å². The van der Waals surface area contributed by atoms with Crippen molar-refractivity contribution in [3.63, 3.8) is 0 Å². The Bertz CT molecular complexity index is 693. The Morgan fingerprint density at radius 2 is 2.09 bits per heavy atom. The lowest BCUT2D eigenvalue weighted by molar-refractivity contribution is -0.856. The summed E-state index contributed by atoms with van der Waals surface area (Å²) in [5, 5.41) is 22.7. The van der Waals surface area contributed by atoms with E-state index in [1.165, 1.54) is 4.90 Å². The van der Waals surface area contributed by atoms with Crippen molar-refractivity contribution in [3.8, 4) is 5.88 Å². The molecule has 2 aromatic rings. The summed E-state index contributed by atoms with van der Waals surface area (Å²) in [4.78, 5) is 1.33. The van der Waals surface area contributed by atoms with Crippen molar-refractivity contribution in [1.82, 2.24) is 9.88 Å². The van der Waals surface area contributed by atoms with Crippen LogP contribution in [0.3, 0.4) is 0 Å². The number of benzene rings is 1. The van der Waals surface area contributed by atoms with Crippen molar-refractivity contribution >= 4 is 33.9 Å². The van der Waals surface area contributed by atoms with Gasteiger partial charge in [-0.25, -0.2) is 0 Å². The largest absolute Gasteiger partial charge is 0.493 e. The average molecular weight is 320 g/mol. The number of rotatable bonds is 5. The molecule has 2 rings (SSSR count). The molecule has 0 aliphatic carbocycles. The summed E-state index contributed by atoms with van der Waals surface area (Å²) in [5.74, 6) is 0.119. The highest BCUT2D eigenvalue weighted by Gasteiger charge is 2.15. The number of hydrogen-bond acceptors (Lipinski definition) is 3. The molecular weight excluding hydrogens is 298 g/mol. The van der Waals surface area contributed by atoms with E-state index < -0.39 is 0 Å². The molecule has 0 radical (unpaired) electrons. The summed E-state index contributed by atoms with van der Waals surface area (Å²) < 4.78 is 1.80. The van der Waals surface area contributed by atoms with Gasteiger partial charge < -0.3 is 19.9 Å². The summed E-state index contributed by atoms with van der Waals surface area (Å²) in [6.07, 6.45) is 0. The fraction of sp³-hybridized carbons (Fsp3) is 0.400. The van der Waals surface area contributed by atoms with Crippen molar-refractivity contribution < 1.29 is 10.0 Å². The molecule has 118 valence electrons. The first kappa shape index (κ1) is 16.4. The minimum absolute atomic E-state index is 0.119. The third-order valence-electron chi connectivity index (χ3n) is 3.38. The van der Waals surface area contributed by atoms with Crippen LogP contribution in [0.1, 0.15) is 6.92 Å². The van der Waals surface area contributed by atoms with E-state index >= 15 is 0 Å². The molecule has 22 heavy (non-hydrogen) atoms. The van der Waals surface area contributed by atoms with Gasteiger partial charge in [0.1, 0.15) is 0 Å². The number of likely N-dealkylation sites (N-methyl/N-ethyl adjacent to an activating group) is 1. The number of aromatic hydroxyl groups is 1. The first-order chi connectivity index (χ1) is 10.5. The summed E-state index contributed by atoms with van der Waals surface area (Å²) in [6, 6.07) is 7.72. The van der Waals surface area contributed by atoms with Gasteiger partial charge in [-0.2, -0.15) is 0 Å². The maximum Gasteiger partial charge on any atom is 0.220 e. The molecule has 0 bridgehead atoms. The standard InChI is InChI=1S/C15H21N5OS/c1-4-20-12-8-6-5-7-11(12)13(14(20)21)17-18-15(22)16-9-10-19(2)3/h5-8,21H,4,9-10H2,1-3H3,(H,16,22)/p+1. The lowest BCUT2D eigenvalue weighted by atomic mass is 10.2. The number of nitrogens with zero attached hydrogens (tertiary/aromatic N) is 3. The van der Waals surface area contributed by atoms with Crippen LogP contribution in [0.25, 0.3) is 10.9 Å². The van der Waals surface area contributed by atoms with Gasteiger partial charge in [-0.1, -0.05) is 18.2 Å². The van der Waals surface area contributed by atoms with Gasteiger partial charge in [0.05, 0.1) is 32.7 Å². The zero-order chi connectivity index (χ0) is 16.1. The topological polar surface area (TPSA) is 66.3 Å². The number of para-hydroxylation sites is 1. The third kappa shape index (κ3) is 3.61. The molecule has 1 aromatic carbocycles. The lowest BCUT2D eigenvalue weighted by Gasteiger charge is -2.07. The molecule has 0 saturated carbocycles. The molecule has 1 heterocycles. The summed E-state index contributed by atoms with van der Waals surface area (Å²) in [6.45, 7) is 4.32. The van der Waals surface area contributed by atoms with Gasteiger partial charge in [0.2, 0.25) is 11.0 Å². The van der Waals surface area contributed by atoms with Crippen LogP contribution in [0.4, 0.5) is 5.69 Å². The molecule has 0 saturated heterocycles. The number of quaternary nitrogens is 1. The summed E-state index contributed by atoms with van der Waals surface area (Å²) in [7, 11) is 4.15. The molecule has 6 nitrogen and oxygen atoms in total. The minimum atomic E-state index is 0.119. The monoisotopic (exact) mass is 320 g/mol. The van der Waals surface area contributed by atoms with Crippen molar-refractivity contribution in [1.29, 1.82) is 0 Å². The predicted octanol–water partition coefficient (Wildman–Crippen LogP) is 1.47. The van der Waals surface area contributed by atoms with Crippen LogP contribution in [0.2, 0.25) is 0 Å². The van der Waals surface area contributed by atoms with Crippen LogP contribution in [0.15, 0.2) is 34.5 Å². The molecule has 0 spiro atoms. The SMILES string of the molecule is CCn1c(O)c(N=NC(=S)NCC[NH+](C)C)c2ccccc21. The molecule has 0 atom stereocenters. The van der Waals surface area contributed by atoms with Crippen LogP contribution >= 0.6 is 12.2 Å². The highest BCUT2D eigenvalue weighted by molar-refractivity contribution is 7.80. The molecule has 0 aliphatic rings. The van der Waals surface area contributed by atoms with Crippen LogP contribution in [-0.4, -0.2) is 42.0 Å². The third-order valence-corrected chi connectivity index (χ3v) is 3.60. The van der Waals surface area contributed by atoms with Gasteiger partial charge in [-0.15, -0.1) is 10.2 Å².